The third kappa shape index (κ3) is 6.58. The molecule has 8 atom stereocenters. The number of rotatable bonds is 11. The number of hydrogen-bond donors (Lipinski definition) is 0. The van der Waals surface area contributed by atoms with Crippen molar-refractivity contribution in [3.63, 3.8) is 0 Å². The Morgan fingerprint density at radius 3 is 2.62 bits per heavy atom. The van der Waals surface area contributed by atoms with Crippen molar-refractivity contribution in [1.82, 2.24) is 0 Å². The topological polar surface area (TPSA) is 65.7 Å². The van der Waals surface area contributed by atoms with Crippen LogP contribution in [0, 0.1) is 53.3 Å². The lowest BCUT2D eigenvalue weighted by Gasteiger charge is -2.58. The molecule has 0 N–H and O–H groups in total. The molecular weight excluding hydrogens is 584 g/mol. The molecule has 0 saturated heterocycles. The van der Waals surface area contributed by atoms with Gasteiger partial charge in [-0.25, -0.2) is 9.59 Å². The first-order chi connectivity index (χ1) is 22.4. The van der Waals surface area contributed by atoms with Crippen molar-refractivity contribution in [3.8, 4) is 5.75 Å². The summed E-state index contributed by atoms with van der Waals surface area (Å²) in [7, 11) is 0. The Bertz CT molecular complexity index is 1530. The van der Waals surface area contributed by atoms with Crippen LogP contribution < -0.4 is 10.4 Å². The van der Waals surface area contributed by atoms with E-state index in [0.29, 0.717) is 23.2 Å². The second kappa shape index (κ2) is 13.7. The number of fused-ring (bicyclic) bond motifs is 6. The molecule has 3 fully saturated rings. The first-order valence-corrected chi connectivity index (χ1v) is 19.0. The minimum Gasteiger partial charge on any atom is -0.482 e. The van der Waals surface area contributed by atoms with Crippen LogP contribution in [-0.4, -0.2) is 18.7 Å². The van der Waals surface area contributed by atoms with Crippen LogP contribution in [0.15, 0.2) is 39.1 Å². The maximum Gasteiger partial charge on any atom is 0.344 e. The van der Waals surface area contributed by atoms with E-state index in [1.807, 2.05) is 19.1 Å². The van der Waals surface area contributed by atoms with Crippen molar-refractivity contribution in [2.24, 2.45) is 46.3 Å². The maximum absolute atomic E-state index is 12.9. The lowest BCUT2D eigenvalue weighted by molar-refractivity contribution is -0.153. The van der Waals surface area contributed by atoms with E-state index >= 15 is 0 Å². The molecular formula is C42H60O5. The Morgan fingerprint density at radius 2 is 1.85 bits per heavy atom. The van der Waals surface area contributed by atoms with E-state index in [1.54, 1.807) is 6.07 Å². The van der Waals surface area contributed by atoms with Gasteiger partial charge in [0.05, 0.1) is 0 Å². The summed E-state index contributed by atoms with van der Waals surface area (Å²) in [5, 5.41) is 0.901. The quantitative estimate of drug-likeness (QED) is 0.138. The van der Waals surface area contributed by atoms with E-state index in [-0.39, 0.29) is 29.7 Å². The number of benzene rings is 1. The van der Waals surface area contributed by atoms with Gasteiger partial charge in [0.15, 0.2) is 6.61 Å². The summed E-state index contributed by atoms with van der Waals surface area (Å²) in [6, 6.07) is 5.45. The highest BCUT2D eigenvalue weighted by molar-refractivity contribution is 5.82. The van der Waals surface area contributed by atoms with E-state index in [0.717, 1.165) is 77.7 Å². The number of carbonyl (C=O) groups excluding carboxylic acids is 1. The number of ether oxygens (including phenoxy) is 2. The average molecular weight is 645 g/mol. The highest BCUT2D eigenvalue weighted by Gasteiger charge is 2.59. The molecule has 4 aliphatic carbocycles. The van der Waals surface area contributed by atoms with Crippen molar-refractivity contribution in [3.05, 3.63) is 51.4 Å². The van der Waals surface area contributed by atoms with Crippen molar-refractivity contribution in [1.29, 1.82) is 0 Å². The summed E-state index contributed by atoms with van der Waals surface area (Å²) in [6.07, 6.45) is 17.8. The van der Waals surface area contributed by atoms with Crippen LogP contribution in [0.1, 0.15) is 130 Å². The van der Waals surface area contributed by atoms with Crippen LogP contribution in [0.25, 0.3) is 11.0 Å². The molecule has 258 valence electrons. The fourth-order valence-corrected chi connectivity index (χ4v) is 11.1. The van der Waals surface area contributed by atoms with Crippen molar-refractivity contribution < 1.29 is 18.7 Å². The van der Waals surface area contributed by atoms with Gasteiger partial charge >= 0.3 is 11.6 Å². The molecule has 2 aromatic rings. The van der Waals surface area contributed by atoms with Gasteiger partial charge in [-0.15, -0.1) is 0 Å². The first-order valence-electron chi connectivity index (χ1n) is 19.0. The minimum absolute atomic E-state index is 0.0901. The van der Waals surface area contributed by atoms with Crippen LogP contribution in [0.2, 0.25) is 0 Å². The summed E-state index contributed by atoms with van der Waals surface area (Å²) in [5.74, 6) is 5.11. The molecule has 0 aliphatic heterocycles. The van der Waals surface area contributed by atoms with Gasteiger partial charge < -0.3 is 13.9 Å². The average Bonchev–Trinajstić information content (AvgIpc) is 3.39. The van der Waals surface area contributed by atoms with Gasteiger partial charge in [-0.2, -0.15) is 0 Å². The Morgan fingerprint density at radius 1 is 1.04 bits per heavy atom. The van der Waals surface area contributed by atoms with Gasteiger partial charge in [-0.05, 0) is 122 Å². The zero-order valence-corrected chi connectivity index (χ0v) is 30.3. The summed E-state index contributed by atoms with van der Waals surface area (Å²) in [4.78, 5) is 25.5. The van der Waals surface area contributed by atoms with E-state index in [1.165, 1.54) is 56.9 Å². The SMILES string of the molecule is CCCc1c(C)c2ccc(OCC(=O)OC3CCC4(C)C(=CCC5C4CCC4(C)C(C(C)CCCC(C)C)CCC54)C3)cc2oc1=O. The van der Waals surface area contributed by atoms with Gasteiger partial charge in [0.25, 0.3) is 0 Å². The van der Waals surface area contributed by atoms with E-state index in [4.69, 9.17) is 13.9 Å². The van der Waals surface area contributed by atoms with Gasteiger partial charge in [0, 0.05) is 23.4 Å². The molecule has 1 aromatic heterocycles. The molecule has 0 spiro atoms. The number of allylic oxidation sites excluding steroid dienone is 1. The van der Waals surface area contributed by atoms with Gasteiger partial charge in [-0.1, -0.05) is 78.9 Å². The van der Waals surface area contributed by atoms with Crippen LogP contribution in [0.5, 0.6) is 5.75 Å². The molecule has 4 aliphatic rings. The van der Waals surface area contributed by atoms with Crippen LogP contribution in [0.3, 0.4) is 0 Å². The molecule has 0 amide bonds. The summed E-state index contributed by atoms with van der Waals surface area (Å²) < 4.78 is 17.4. The maximum atomic E-state index is 12.9. The van der Waals surface area contributed by atoms with Crippen LogP contribution in [0.4, 0.5) is 0 Å². The molecule has 3 saturated carbocycles. The fourth-order valence-electron chi connectivity index (χ4n) is 11.1. The van der Waals surface area contributed by atoms with E-state index < -0.39 is 0 Å². The smallest absolute Gasteiger partial charge is 0.344 e. The molecule has 5 nitrogen and oxygen atoms in total. The lowest BCUT2D eigenvalue weighted by Crippen LogP contribution is -2.51. The molecule has 47 heavy (non-hydrogen) atoms. The summed E-state index contributed by atoms with van der Waals surface area (Å²) in [6.45, 7) is 16.3. The molecule has 8 unspecified atom stereocenters. The third-order valence-corrected chi connectivity index (χ3v) is 13.7. The Labute approximate surface area is 283 Å². The Hall–Kier alpha value is -2.56. The third-order valence-electron chi connectivity index (χ3n) is 13.7. The zero-order valence-electron chi connectivity index (χ0n) is 30.3. The van der Waals surface area contributed by atoms with E-state index in [9.17, 15) is 9.59 Å². The predicted molar refractivity (Wildman–Crippen MR) is 190 cm³/mol. The number of esters is 1. The van der Waals surface area contributed by atoms with E-state index in [2.05, 4.69) is 47.6 Å². The normalized spacial score (nSPS) is 32.3. The predicted octanol–water partition coefficient (Wildman–Crippen LogP) is 10.4. The monoisotopic (exact) mass is 644 g/mol. The van der Waals surface area contributed by atoms with Crippen molar-refractivity contribution >= 4 is 16.9 Å². The first kappa shape index (κ1) is 34.3. The highest BCUT2D eigenvalue weighted by atomic mass is 16.6. The minimum atomic E-state index is -0.336. The summed E-state index contributed by atoms with van der Waals surface area (Å²) in [5.41, 5.74) is 4.14. The second-order valence-electron chi connectivity index (χ2n) is 16.8. The lowest BCUT2D eigenvalue weighted by atomic mass is 9.47. The van der Waals surface area contributed by atoms with Crippen molar-refractivity contribution in [2.75, 3.05) is 6.61 Å². The highest BCUT2D eigenvalue weighted by Crippen LogP contribution is 2.67. The molecule has 1 heterocycles. The molecule has 0 bridgehead atoms. The van der Waals surface area contributed by atoms with Gasteiger partial charge in [0.2, 0.25) is 0 Å². The van der Waals surface area contributed by atoms with Gasteiger partial charge in [-0.3, -0.25) is 0 Å². The molecule has 5 heteroatoms. The molecule has 1 aromatic carbocycles. The van der Waals surface area contributed by atoms with Crippen LogP contribution >= 0.6 is 0 Å². The number of carbonyl (C=O) groups is 1. The molecule has 0 radical (unpaired) electrons. The molecule has 6 rings (SSSR count). The number of aryl methyl sites for hydroxylation is 1. The van der Waals surface area contributed by atoms with Crippen LogP contribution in [-0.2, 0) is 16.0 Å². The zero-order chi connectivity index (χ0) is 33.5. The Kier molecular flexibility index (Phi) is 10.0. The summed E-state index contributed by atoms with van der Waals surface area (Å²) >= 11 is 0. The fraction of sp³-hybridized carbons (Fsp3) is 0.714. The largest absolute Gasteiger partial charge is 0.482 e. The Balaban J connectivity index is 1.05. The van der Waals surface area contributed by atoms with Gasteiger partial charge in [0.1, 0.15) is 17.4 Å². The number of hydrogen-bond acceptors (Lipinski definition) is 5. The standard InChI is InChI=1S/C42H60O5/c1-8-10-33-28(5)32-16-14-30(24-38(32)47-40(33)44)45-25-39(43)46-31-19-21-41(6)29(23-31)13-15-34-36-18-17-35(27(4)12-9-11-26(2)3)42(36,7)22-20-37(34)41/h13-14,16,24,26-27,31,34-37H,8-12,15,17-23,25H2,1-7H3. The van der Waals surface area contributed by atoms with Crippen molar-refractivity contribution in [2.45, 2.75) is 138 Å². The second-order valence-corrected chi connectivity index (χ2v) is 16.8.